The molecule has 0 unspecified atom stereocenters. The van der Waals surface area contributed by atoms with Crippen LogP contribution in [0.25, 0.3) is 76.1 Å². The average Bonchev–Trinajstić information content (AvgIpc) is 3.48. The third kappa shape index (κ3) is 4.70. The van der Waals surface area contributed by atoms with Crippen LogP contribution in [-0.2, 0) is 0 Å². The van der Waals surface area contributed by atoms with Gasteiger partial charge in [-0.2, -0.15) is 0 Å². The molecule has 0 N–H and O–H groups in total. The van der Waals surface area contributed by atoms with Crippen LogP contribution in [0.15, 0.2) is 158 Å². The molecule has 2 heterocycles. The van der Waals surface area contributed by atoms with Crippen LogP contribution < -0.4 is 0 Å². The van der Waals surface area contributed by atoms with E-state index in [4.69, 9.17) is 4.98 Å². The van der Waals surface area contributed by atoms with Gasteiger partial charge < -0.3 is 0 Å². The maximum absolute atomic E-state index is 5.27. The highest BCUT2D eigenvalue weighted by Gasteiger charge is 2.16. The fraction of sp³-hybridized carbons (Fsp3) is 0.0238. The van der Waals surface area contributed by atoms with Crippen molar-refractivity contribution in [3.05, 3.63) is 163 Å². The molecule has 6 aromatic carbocycles. The van der Waals surface area contributed by atoms with E-state index in [9.17, 15) is 0 Å². The molecule has 44 heavy (non-hydrogen) atoms. The second kappa shape index (κ2) is 11.1. The second-order valence-corrected chi connectivity index (χ2v) is 12.3. The number of aromatic nitrogens is 1. The van der Waals surface area contributed by atoms with Crippen LogP contribution in [-0.4, -0.2) is 4.98 Å². The Morgan fingerprint density at radius 1 is 0.432 bits per heavy atom. The molecule has 0 radical (unpaired) electrons. The summed E-state index contributed by atoms with van der Waals surface area (Å²) in [6, 6.07) is 56.5. The zero-order valence-corrected chi connectivity index (χ0v) is 25.2. The lowest BCUT2D eigenvalue weighted by Crippen LogP contribution is -1.96. The van der Waals surface area contributed by atoms with Crippen molar-refractivity contribution in [3.8, 4) is 55.9 Å². The van der Waals surface area contributed by atoms with Gasteiger partial charge in [-0.15, -0.1) is 11.3 Å². The zero-order valence-electron chi connectivity index (χ0n) is 24.4. The van der Waals surface area contributed by atoms with E-state index in [0.717, 1.165) is 22.5 Å². The molecular weight excluding hydrogens is 551 g/mol. The van der Waals surface area contributed by atoms with Crippen molar-refractivity contribution >= 4 is 31.5 Å². The minimum absolute atomic E-state index is 0.989. The normalized spacial score (nSPS) is 11.3. The molecule has 0 aliphatic heterocycles. The predicted octanol–water partition coefficient (Wildman–Crippen LogP) is 12.1. The summed E-state index contributed by atoms with van der Waals surface area (Å²) < 4.78 is 2.59. The Kier molecular flexibility index (Phi) is 6.63. The van der Waals surface area contributed by atoms with Crippen molar-refractivity contribution < 1.29 is 0 Å². The molecule has 0 aliphatic rings. The lowest BCUT2D eigenvalue weighted by molar-refractivity contribution is 1.27. The monoisotopic (exact) mass is 579 g/mol. The Labute approximate surface area is 261 Å². The topological polar surface area (TPSA) is 12.9 Å². The van der Waals surface area contributed by atoms with Crippen LogP contribution in [0.2, 0.25) is 0 Å². The molecule has 0 spiro atoms. The van der Waals surface area contributed by atoms with Crippen molar-refractivity contribution in [1.82, 2.24) is 4.98 Å². The number of hydrogen-bond acceptors (Lipinski definition) is 2. The van der Waals surface area contributed by atoms with Crippen LogP contribution in [0, 0.1) is 6.92 Å². The summed E-state index contributed by atoms with van der Waals surface area (Å²) >= 11 is 1.87. The number of rotatable bonds is 5. The Hall–Kier alpha value is -5.31. The maximum atomic E-state index is 5.27. The predicted molar refractivity (Wildman–Crippen MR) is 189 cm³/mol. The van der Waals surface area contributed by atoms with E-state index < -0.39 is 0 Å². The molecule has 0 saturated carbocycles. The molecule has 8 rings (SSSR count). The highest BCUT2D eigenvalue weighted by Crippen LogP contribution is 2.42. The number of nitrogens with zero attached hydrogens (tertiary/aromatic N) is 1. The third-order valence-electron chi connectivity index (χ3n) is 8.48. The quantitative estimate of drug-likeness (QED) is 0.198. The van der Waals surface area contributed by atoms with E-state index in [2.05, 4.69) is 165 Å². The Balaban J connectivity index is 1.28. The molecule has 2 aromatic heterocycles. The molecule has 0 atom stereocenters. The highest BCUT2D eigenvalue weighted by molar-refractivity contribution is 7.26. The van der Waals surface area contributed by atoms with E-state index in [1.165, 1.54) is 59.1 Å². The van der Waals surface area contributed by atoms with Crippen molar-refractivity contribution in [2.24, 2.45) is 0 Å². The molecule has 0 amide bonds. The summed E-state index contributed by atoms with van der Waals surface area (Å²) in [5.41, 5.74) is 12.9. The first-order chi connectivity index (χ1) is 21.7. The first-order valence-electron chi connectivity index (χ1n) is 15.0. The Bertz CT molecular complexity index is 2200. The van der Waals surface area contributed by atoms with Gasteiger partial charge in [-0.1, -0.05) is 140 Å². The standard InChI is InChI=1S/C42H29NS/c1-28-38(30-15-7-3-8-16-30)27-39(43-41(28)31-17-9-4-10-18-31)34-23-24-36-37-22-12-21-35(42(37)44-40(36)26-34)33-20-11-19-32(25-33)29-13-5-2-6-14-29/h2-27H,1H3. The van der Waals surface area contributed by atoms with E-state index >= 15 is 0 Å². The summed E-state index contributed by atoms with van der Waals surface area (Å²) in [4.78, 5) is 5.27. The molecule has 0 saturated heterocycles. The summed E-state index contributed by atoms with van der Waals surface area (Å²) in [5, 5.41) is 2.58. The molecule has 208 valence electrons. The minimum Gasteiger partial charge on any atom is -0.247 e. The van der Waals surface area contributed by atoms with E-state index in [-0.39, 0.29) is 0 Å². The number of pyridine rings is 1. The molecule has 0 bridgehead atoms. The van der Waals surface area contributed by atoms with Crippen LogP contribution in [0.4, 0.5) is 0 Å². The molecule has 1 nitrogen and oxygen atoms in total. The van der Waals surface area contributed by atoms with Gasteiger partial charge in [0, 0.05) is 31.3 Å². The van der Waals surface area contributed by atoms with Gasteiger partial charge in [0.05, 0.1) is 11.4 Å². The molecule has 2 heteroatoms. The van der Waals surface area contributed by atoms with Crippen LogP contribution in [0.3, 0.4) is 0 Å². The van der Waals surface area contributed by atoms with Gasteiger partial charge in [0.15, 0.2) is 0 Å². The summed E-state index contributed by atoms with van der Waals surface area (Å²) in [5.74, 6) is 0. The Morgan fingerprint density at radius 2 is 1.07 bits per heavy atom. The summed E-state index contributed by atoms with van der Waals surface area (Å²) in [6.45, 7) is 2.19. The Morgan fingerprint density at radius 3 is 1.82 bits per heavy atom. The smallest absolute Gasteiger partial charge is 0.0744 e. The molecular formula is C42H29NS. The van der Waals surface area contributed by atoms with Crippen molar-refractivity contribution in [1.29, 1.82) is 0 Å². The largest absolute Gasteiger partial charge is 0.247 e. The SMILES string of the molecule is Cc1c(-c2ccccc2)cc(-c2ccc3c(c2)sc2c(-c4cccc(-c5ccccc5)c4)cccc23)nc1-c1ccccc1. The molecule has 8 aromatic rings. The van der Waals surface area contributed by atoms with Gasteiger partial charge in [0.25, 0.3) is 0 Å². The molecule has 0 aliphatic carbocycles. The van der Waals surface area contributed by atoms with Crippen molar-refractivity contribution in [2.75, 3.05) is 0 Å². The number of fused-ring (bicyclic) bond motifs is 3. The average molecular weight is 580 g/mol. The van der Waals surface area contributed by atoms with Gasteiger partial charge in [0.1, 0.15) is 0 Å². The number of benzene rings is 6. The van der Waals surface area contributed by atoms with Gasteiger partial charge in [-0.3, -0.25) is 0 Å². The maximum Gasteiger partial charge on any atom is 0.0744 e. The summed E-state index contributed by atoms with van der Waals surface area (Å²) in [7, 11) is 0. The number of hydrogen-bond donors (Lipinski definition) is 0. The highest BCUT2D eigenvalue weighted by atomic mass is 32.1. The molecule has 0 fully saturated rings. The zero-order chi connectivity index (χ0) is 29.5. The minimum atomic E-state index is 0.989. The van der Waals surface area contributed by atoms with Gasteiger partial charge in [0.2, 0.25) is 0 Å². The van der Waals surface area contributed by atoms with Gasteiger partial charge in [-0.25, -0.2) is 4.98 Å². The van der Waals surface area contributed by atoms with Crippen LogP contribution in [0.1, 0.15) is 5.56 Å². The van der Waals surface area contributed by atoms with E-state index in [1.807, 2.05) is 11.3 Å². The van der Waals surface area contributed by atoms with Gasteiger partial charge >= 0.3 is 0 Å². The lowest BCUT2D eigenvalue weighted by atomic mass is 9.94. The van der Waals surface area contributed by atoms with Crippen molar-refractivity contribution in [2.45, 2.75) is 6.92 Å². The van der Waals surface area contributed by atoms with Crippen LogP contribution >= 0.6 is 11.3 Å². The fourth-order valence-electron chi connectivity index (χ4n) is 6.23. The number of thiophene rings is 1. The van der Waals surface area contributed by atoms with Gasteiger partial charge in [-0.05, 0) is 64.1 Å². The summed E-state index contributed by atoms with van der Waals surface area (Å²) in [6.07, 6.45) is 0. The van der Waals surface area contributed by atoms with E-state index in [1.54, 1.807) is 0 Å². The first kappa shape index (κ1) is 26.3. The first-order valence-corrected chi connectivity index (χ1v) is 15.8. The van der Waals surface area contributed by atoms with E-state index in [0.29, 0.717) is 0 Å². The third-order valence-corrected chi connectivity index (χ3v) is 9.68. The van der Waals surface area contributed by atoms with Crippen molar-refractivity contribution in [3.63, 3.8) is 0 Å². The fourth-order valence-corrected chi connectivity index (χ4v) is 7.51. The second-order valence-electron chi connectivity index (χ2n) is 11.2. The van der Waals surface area contributed by atoms with Crippen LogP contribution in [0.5, 0.6) is 0 Å². The lowest BCUT2D eigenvalue weighted by Gasteiger charge is -2.15.